The van der Waals surface area contributed by atoms with Gasteiger partial charge in [0, 0.05) is 43.4 Å². The first-order chi connectivity index (χ1) is 9.15. The molecule has 0 atom stereocenters. The minimum Gasteiger partial charge on any atom is -0.342 e. The Labute approximate surface area is 123 Å². The smallest absolute Gasteiger partial charge is 0.270 e. The van der Waals surface area contributed by atoms with Gasteiger partial charge in [-0.15, -0.1) is 0 Å². The molecule has 0 radical (unpaired) electrons. The molecule has 2 heterocycles. The average Bonchev–Trinajstić information content (AvgIpc) is 2.79. The third-order valence-corrected chi connectivity index (χ3v) is 4.09. The molecule has 0 N–H and O–H groups in total. The van der Waals surface area contributed by atoms with Gasteiger partial charge < -0.3 is 14.4 Å². The fourth-order valence-corrected chi connectivity index (χ4v) is 2.97. The summed E-state index contributed by atoms with van der Waals surface area (Å²) in [4.78, 5) is 16.9. The van der Waals surface area contributed by atoms with E-state index in [-0.39, 0.29) is 5.91 Å². The predicted molar refractivity (Wildman–Crippen MR) is 80.4 cm³/mol. The highest BCUT2D eigenvalue weighted by atomic mass is 79.9. The number of carbonyl (C=O) groups is 1. The summed E-state index contributed by atoms with van der Waals surface area (Å²) in [5, 5.41) is 0. The lowest BCUT2D eigenvalue weighted by molar-refractivity contribution is 0.0632. The molecule has 1 fully saturated rings. The number of hydrogen-bond donors (Lipinski definition) is 0. The van der Waals surface area contributed by atoms with Gasteiger partial charge in [-0.3, -0.25) is 4.79 Å². The Balaban J connectivity index is 2.07. The van der Waals surface area contributed by atoms with E-state index >= 15 is 0 Å². The lowest BCUT2D eigenvalue weighted by Crippen LogP contribution is -2.48. The first-order valence-corrected chi connectivity index (χ1v) is 7.82. The van der Waals surface area contributed by atoms with Gasteiger partial charge in [0.15, 0.2) is 0 Å². The molecule has 4 nitrogen and oxygen atoms in total. The van der Waals surface area contributed by atoms with E-state index in [1.807, 2.05) is 17.2 Å². The van der Waals surface area contributed by atoms with Crippen LogP contribution in [0.25, 0.3) is 0 Å². The highest BCUT2D eigenvalue weighted by Gasteiger charge is 2.23. The summed E-state index contributed by atoms with van der Waals surface area (Å²) in [6, 6.07) is 1.93. The van der Waals surface area contributed by atoms with Gasteiger partial charge in [0.05, 0.1) is 0 Å². The van der Waals surface area contributed by atoms with Crippen LogP contribution in [0.2, 0.25) is 0 Å². The number of aromatic nitrogens is 1. The first-order valence-electron chi connectivity index (χ1n) is 7.03. The number of likely N-dealkylation sites (N-methyl/N-ethyl adjacent to an activating group) is 1. The first kappa shape index (κ1) is 14.6. The van der Waals surface area contributed by atoms with Crippen LogP contribution in [0.15, 0.2) is 16.7 Å². The highest BCUT2D eigenvalue weighted by Crippen LogP contribution is 2.18. The Morgan fingerprint density at radius 3 is 2.53 bits per heavy atom. The number of carbonyl (C=O) groups excluding carboxylic acids is 1. The molecule has 106 valence electrons. The van der Waals surface area contributed by atoms with Gasteiger partial charge in [-0.2, -0.15) is 0 Å². The highest BCUT2D eigenvalue weighted by molar-refractivity contribution is 9.10. The van der Waals surface area contributed by atoms with Crippen LogP contribution >= 0.6 is 15.9 Å². The molecule has 1 aliphatic heterocycles. The van der Waals surface area contributed by atoms with Gasteiger partial charge in [0.1, 0.15) is 5.69 Å². The van der Waals surface area contributed by atoms with Crippen molar-refractivity contribution in [3.05, 3.63) is 22.4 Å². The number of piperazine rings is 1. The zero-order valence-corrected chi connectivity index (χ0v) is 13.3. The molecular formula is C14H22BrN3O. The van der Waals surface area contributed by atoms with E-state index in [1.165, 1.54) is 0 Å². The van der Waals surface area contributed by atoms with Crippen LogP contribution in [-0.2, 0) is 6.54 Å². The molecule has 19 heavy (non-hydrogen) atoms. The number of rotatable bonds is 4. The number of amides is 1. The van der Waals surface area contributed by atoms with Gasteiger partial charge in [0.25, 0.3) is 5.91 Å². The normalized spacial score (nSPS) is 16.9. The maximum absolute atomic E-state index is 12.6. The summed E-state index contributed by atoms with van der Waals surface area (Å²) in [7, 11) is 0. The molecule has 0 unspecified atom stereocenters. The van der Waals surface area contributed by atoms with Crippen molar-refractivity contribution < 1.29 is 4.79 Å². The number of nitrogens with zero attached hydrogens (tertiary/aromatic N) is 3. The van der Waals surface area contributed by atoms with Crippen LogP contribution in [0, 0.1) is 0 Å². The van der Waals surface area contributed by atoms with Gasteiger partial charge >= 0.3 is 0 Å². The molecule has 1 amide bonds. The van der Waals surface area contributed by atoms with E-state index in [2.05, 4.69) is 39.2 Å². The van der Waals surface area contributed by atoms with E-state index in [4.69, 9.17) is 0 Å². The molecule has 0 spiro atoms. The largest absolute Gasteiger partial charge is 0.342 e. The van der Waals surface area contributed by atoms with Crippen molar-refractivity contribution in [2.75, 3.05) is 32.7 Å². The van der Waals surface area contributed by atoms with Crippen molar-refractivity contribution >= 4 is 21.8 Å². The van der Waals surface area contributed by atoms with Crippen LogP contribution in [0.4, 0.5) is 0 Å². The summed E-state index contributed by atoms with van der Waals surface area (Å²) in [6.07, 6.45) is 3.03. The summed E-state index contributed by atoms with van der Waals surface area (Å²) in [6.45, 7) is 9.89. The van der Waals surface area contributed by atoms with Crippen LogP contribution in [0.1, 0.15) is 30.8 Å². The lowest BCUT2D eigenvalue weighted by Gasteiger charge is -2.34. The SMILES string of the molecule is CCCn1cc(Br)cc1C(=O)N1CCN(CC)CC1. The Morgan fingerprint density at radius 2 is 1.95 bits per heavy atom. The Morgan fingerprint density at radius 1 is 1.26 bits per heavy atom. The second kappa shape index (κ2) is 6.57. The van der Waals surface area contributed by atoms with Gasteiger partial charge in [-0.1, -0.05) is 13.8 Å². The molecule has 0 aliphatic carbocycles. The quantitative estimate of drug-likeness (QED) is 0.849. The molecule has 1 aromatic heterocycles. The Bertz CT molecular complexity index is 436. The molecule has 5 heteroatoms. The minimum absolute atomic E-state index is 0.162. The van der Waals surface area contributed by atoms with Gasteiger partial charge in [-0.05, 0) is 35.0 Å². The molecule has 0 saturated carbocycles. The molecule has 2 rings (SSSR count). The summed E-state index contributed by atoms with van der Waals surface area (Å²) >= 11 is 3.47. The van der Waals surface area contributed by atoms with Crippen molar-refractivity contribution in [1.29, 1.82) is 0 Å². The van der Waals surface area contributed by atoms with Crippen LogP contribution < -0.4 is 0 Å². The molecule has 1 saturated heterocycles. The van der Waals surface area contributed by atoms with Crippen molar-refractivity contribution in [2.24, 2.45) is 0 Å². The van der Waals surface area contributed by atoms with Gasteiger partial charge in [0.2, 0.25) is 0 Å². The van der Waals surface area contributed by atoms with Crippen molar-refractivity contribution in [3.8, 4) is 0 Å². The maximum Gasteiger partial charge on any atom is 0.270 e. The monoisotopic (exact) mass is 327 g/mol. The van der Waals surface area contributed by atoms with Crippen molar-refractivity contribution in [3.63, 3.8) is 0 Å². The molecule has 1 aromatic rings. The van der Waals surface area contributed by atoms with E-state index in [1.54, 1.807) is 0 Å². The average molecular weight is 328 g/mol. The van der Waals surface area contributed by atoms with Crippen molar-refractivity contribution in [1.82, 2.24) is 14.4 Å². The minimum atomic E-state index is 0.162. The van der Waals surface area contributed by atoms with E-state index < -0.39 is 0 Å². The van der Waals surface area contributed by atoms with Crippen molar-refractivity contribution in [2.45, 2.75) is 26.8 Å². The zero-order chi connectivity index (χ0) is 13.8. The maximum atomic E-state index is 12.6. The molecular weight excluding hydrogens is 306 g/mol. The number of aryl methyl sites for hydroxylation is 1. The zero-order valence-electron chi connectivity index (χ0n) is 11.7. The Hall–Kier alpha value is -0.810. The standard InChI is InChI=1S/C14H22BrN3O/c1-3-5-18-11-12(15)10-13(18)14(19)17-8-6-16(4-2)7-9-17/h10-11H,3-9H2,1-2H3. The number of hydrogen-bond acceptors (Lipinski definition) is 2. The predicted octanol–water partition coefficient (Wildman–Crippen LogP) is 2.44. The van der Waals surface area contributed by atoms with E-state index in [0.717, 1.165) is 55.9 Å². The topological polar surface area (TPSA) is 28.5 Å². The van der Waals surface area contributed by atoms with Crippen LogP contribution in [0.5, 0.6) is 0 Å². The number of halogens is 1. The fourth-order valence-electron chi connectivity index (χ4n) is 2.51. The van der Waals surface area contributed by atoms with Crippen LogP contribution in [-0.4, -0.2) is 53.0 Å². The van der Waals surface area contributed by atoms with Crippen LogP contribution in [0.3, 0.4) is 0 Å². The van der Waals surface area contributed by atoms with E-state index in [0.29, 0.717) is 0 Å². The molecule has 1 aliphatic rings. The third kappa shape index (κ3) is 3.39. The molecule has 0 aromatic carbocycles. The third-order valence-electron chi connectivity index (χ3n) is 3.65. The molecule has 0 bridgehead atoms. The summed E-state index contributed by atoms with van der Waals surface area (Å²) < 4.78 is 3.04. The second-order valence-electron chi connectivity index (χ2n) is 4.96. The van der Waals surface area contributed by atoms with E-state index in [9.17, 15) is 4.79 Å². The Kier molecular flexibility index (Phi) is 5.05. The summed E-state index contributed by atoms with van der Waals surface area (Å²) in [5.74, 6) is 0.162. The second-order valence-corrected chi connectivity index (χ2v) is 5.88. The van der Waals surface area contributed by atoms with Gasteiger partial charge in [-0.25, -0.2) is 0 Å². The lowest BCUT2D eigenvalue weighted by atomic mass is 10.2. The summed E-state index contributed by atoms with van der Waals surface area (Å²) in [5.41, 5.74) is 0.804. The fraction of sp³-hybridized carbons (Fsp3) is 0.643.